The molecule has 0 spiro atoms. The molecule has 4 aromatic rings. The van der Waals surface area contributed by atoms with Crippen LogP contribution in [0.5, 0.6) is 5.75 Å². The molecule has 16 nitrogen and oxygen atoms in total. The van der Waals surface area contributed by atoms with Gasteiger partial charge in [-0.2, -0.15) is 4.98 Å². The Morgan fingerprint density at radius 1 is 0.982 bits per heavy atom. The third kappa shape index (κ3) is 8.94. The van der Waals surface area contributed by atoms with Crippen molar-refractivity contribution in [1.82, 2.24) is 45.2 Å². The Bertz CT molecular complexity index is 1960. The molecule has 4 saturated carbocycles. The predicted octanol–water partition coefficient (Wildman–Crippen LogP) is 3.91. The van der Waals surface area contributed by atoms with Crippen molar-refractivity contribution in [2.45, 2.75) is 109 Å². The number of nitrogens with two attached hydrogens (primary N) is 1. The fourth-order valence-corrected chi connectivity index (χ4v) is 9.97. The normalized spacial score (nSPS) is 22.9. The number of rotatable bonds is 16. The molecule has 4 aliphatic carbocycles. The van der Waals surface area contributed by atoms with Crippen molar-refractivity contribution in [1.29, 1.82) is 0 Å². The first-order chi connectivity index (χ1) is 26.3. The van der Waals surface area contributed by atoms with Crippen molar-refractivity contribution in [3.8, 4) is 5.75 Å². The molecular formula is C39H52N10O6. The van der Waals surface area contributed by atoms with Gasteiger partial charge in [0.05, 0.1) is 12.0 Å². The van der Waals surface area contributed by atoms with Crippen LogP contribution in [0.15, 0.2) is 41.6 Å². The average molecular weight is 757 g/mol. The van der Waals surface area contributed by atoms with E-state index in [0.29, 0.717) is 30.4 Å². The van der Waals surface area contributed by atoms with E-state index in [1.165, 1.54) is 38.5 Å². The molecule has 7 N–H and O–H groups in total. The van der Waals surface area contributed by atoms with Gasteiger partial charge in [0.15, 0.2) is 11.8 Å². The number of carbonyl (C=O) groups is 3. The van der Waals surface area contributed by atoms with Crippen LogP contribution in [0, 0.1) is 37.0 Å². The van der Waals surface area contributed by atoms with Crippen molar-refractivity contribution >= 4 is 23.9 Å². The predicted molar refractivity (Wildman–Crippen MR) is 200 cm³/mol. The standard InChI is InChI=1S/C39H52N10O6/c1-22-9-28(50)10-23(2)29(22)15-31(43-34(51)30(45-38(53)54)5-4-7-49-8-6-41-37(49)40)35(52)44-32(14-27-20-48(3)21-42-27)36-46-33(47-55-36)19-39-16-24-11-25(17-39)13-26(12-24)18-39/h6,8-10,20-21,24-26,30-32,45,50H,4-5,7,11-19H2,1-3H3,(H2,40,41)(H,43,51)(H,44,52)(H,53,54)/t24?,25?,26?,30-,31+,32+,39?/m1/s1. The van der Waals surface area contributed by atoms with Gasteiger partial charge in [0, 0.05) is 51.4 Å². The zero-order chi connectivity index (χ0) is 38.9. The van der Waals surface area contributed by atoms with Crippen LogP contribution < -0.4 is 21.7 Å². The number of anilines is 1. The molecular weight excluding hydrogens is 704 g/mol. The molecule has 294 valence electrons. The van der Waals surface area contributed by atoms with Gasteiger partial charge in [-0.1, -0.05) is 5.16 Å². The number of phenolic OH excluding ortho intramolecular Hbond substituents is 1. The van der Waals surface area contributed by atoms with Crippen molar-refractivity contribution in [2.24, 2.45) is 30.2 Å². The van der Waals surface area contributed by atoms with Gasteiger partial charge in [-0.3, -0.25) is 9.59 Å². The third-order valence-electron chi connectivity index (χ3n) is 11.9. The van der Waals surface area contributed by atoms with Gasteiger partial charge in [-0.15, -0.1) is 0 Å². The lowest BCUT2D eigenvalue weighted by Crippen LogP contribution is -2.55. The van der Waals surface area contributed by atoms with Crippen LogP contribution in [0.1, 0.15) is 91.5 Å². The van der Waals surface area contributed by atoms with Crippen LogP contribution in [0.2, 0.25) is 0 Å². The number of aromatic nitrogens is 6. The van der Waals surface area contributed by atoms with Gasteiger partial charge in [-0.25, -0.2) is 14.8 Å². The largest absolute Gasteiger partial charge is 0.508 e. The first-order valence-electron chi connectivity index (χ1n) is 19.3. The Morgan fingerprint density at radius 2 is 1.65 bits per heavy atom. The number of nitrogens with zero attached hydrogens (tertiary/aromatic N) is 6. The molecule has 4 aliphatic rings. The van der Waals surface area contributed by atoms with Gasteiger partial charge < -0.3 is 45.6 Å². The fraction of sp³-hybridized carbons (Fsp3) is 0.564. The fourth-order valence-electron chi connectivity index (χ4n) is 9.97. The van der Waals surface area contributed by atoms with E-state index in [1.807, 2.05) is 31.7 Å². The molecule has 3 atom stereocenters. The van der Waals surface area contributed by atoms with Gasteiger partial charge in [0.2, 0.25) is 17.7 Å². The zero-order valence-corrected chi connectivity index (χ0v) is 31.7. The number of imidazole rings is 2. The number of carbonyl (C=O) groups excluding carboxylic acids is 2. The number of phenols is 1. The molecule has 0 aliphatic heterocycles. The van der Waals surface area contributed by atoms with Gasteiger partial charge in [0.1, 0.15) is 23.9 Å². The van der Waals surface area contributed by atoms with E-state index in [2.05, 4.69) is 31.1 Å². The first kappa shape index (κ1) is 37.9. The second-order valence-electron chi connectivity index (χ2n) is 16.4. The molecule has 0 unspecified atom stereocenters. The molecule has 8 rings (SSSR count). The van der Waals surface area contributed by atoms with E-state index in [0.717, 1.165) is 40.9 Å². The molecule has 0 radical (unpaired) electrons. The second-order valence-corrected chi connectivity index (χ2v) is 16.4. The number of benzene rings is 1. The molecule has 4 bridgehead atoms. The molecule has 0 saturated heterocycles. The highest BCUT2D eigenvalue weighted by molar-refractivity contribution is 5.91. The number of nitrogen functional groups attached to an aromatic ring is 1. The van der Waals surface area contributed by atoms with E-state index >= 15 is 0 Å². The molecule has 1 aromatic carbocycles. The summed E-state index contributed by atoms with van der Waals surface area (Å²) in [6.07, 6.45) is 14.6. The lowest BCUT2D eigenvalue weighted by atomic mass is 9.49. The lowest BCUT2D eigenvalue weighted by molar-refractivity contribution is -0.130. The second kappa shape index (κ2) is 15.7. The molecule has 4 fully saturated rings. The number of hydrogen-bond donors (Lipinski definition) is 6. The summed E-state index contributed by atoms with van der Waals surface area (Å²) >= 11 is 0. The molecule has 3 heterocycles. The smallest absolute Gasteiger partial charge is 0.405 e. The Labute approximate surface area is 319 Å². The number of carboxylic acid groups (broad SMARTS) is 1. The van der Waals surface area contributed by atoms with Crippen LogP contribution in [-0.4, -0.2) is 69.4 Å². The van der Waals surface area contributed by atoms with Crippen molar-refractivity contribution in [2.75, 3.05) is 5.73 Å². The topological polar surface area (TPSA) is 228 Å². The maximum absolute atomic E-state index is 14.5. The lowest BCUT2D eigenvalue weighted by Gasteiger charge is -2.56. The third-order valence-corrected chi connectivity index (χ3v) is 11.9. The van der Waals surface area contributed by atoms with Crippen LogP contribution in [0.25, 0.3) is 0 Å². The number of hydrogen-bond acceptors (Lipinski definition) is 10. The minimum atomic E-state index is -1.37. The summed E-state index contributed by atoms with van der Waals surface area (Å²) < 4.78 is 9.42. The minimum Gasteiger partial charge on any atom is -0.508 e. The minimum absolute atomic E-state index is 0.0677. The highest BCUT2D eigenvalue weighted by Crippen LogP contribution is 2.60. The van der Waals surface area contributed by atoms with E-state index in [4.69, 9.17) is 15.2 Å². The summed E-state index contributed by atoms with van der Waals surface area (Å²) in [5, 5.41) is 32.5. The van der Waals surface area contributed by atoms with E-state index in [9.17, 15) is 24.6 Å². The van der Waals surface area contributed by atoms with Gasteiger partial charge in [-0.05, 0) is 117 Å². The summed E-state index contributed by atoms with van der Waals surface area (Å²) in [5.74, 6) is 2.44. The maximum atomic E-state index is 14.5. The van der Waals surface area contributed by atoms with E-state index in [-0.39, 0.29) is 36.3 Å². The number of nitrogens with one attached hydrogen (secondary N) is 3. The summed E-state index contributed by atoms with van der Waals surface area (Å²) in [7, 11) is 1.86. The maximum Gasteiger partial charge on any atom is 0.405 e. The summed E-state index contributed by atoms with van der Waals surface area (Å²) in [4.78, 5) is 53.5. The van der Waals surface area contributed by atoms with Crippen LogP contribution in [-0.2, 0) is 42.4 Å². The van der Waals surface area contributed by atoms with Gasteiger partial charge in [0.25, 0.3) is 0 Å². The van der Waals surface area contributed by atoms with E-state index < -0.39 is 36.0 Å². The van der Waals surface area contributed by atoms with Crippen molar-refractivity contribution < 1.29 is 29.1 Å². The van der Waals surface area contributed by atoms with Crippen molar-refractivity contribution in [3.63, 3.8) is 0 Å². The number of aryl methyl sites for hydroxylation is 4. The molecule has 3 aromatic heterocycles. The van der Waals surface area contributed by atoms with Crippen LogP contribution >= 0.6 is 0 Å². The van der Waals surface area contributed by atoms with Crippen LogP contribution in [0.3, 0.4) is 0 Å². The Kier molecular flexibility index (Phi) is 10.8. The molecule has 3 amide bonds. The van der Waals surface area contributed by atoms with E-state index in [1.54, 1.807) is 35.4 Å². The van der Waals surface area contributed by atoms with Gasteiger partial charge >= 0.3 is 6.09 Å². The summed E-state index contributed by atoms with van der Waals surface area (Å²) in [6.45, 7) is 4.06. The summed E-state index contributed by atoms with van der Waals surface area (Å²) in [6, 6.07) is 0.131. The van der Waals surface area contributed by atoms with Crippen LogP contribution in [0.4, 0.5) is 10.7 Å². The highest BCUT2D eigenvalue weighted by atomic mass is 16.5. The highest BCUT2D eigenvalue weighted by Gasteiger charge is 2.51. The molecule has 16 heteroatoms. The Hall–Kier alpha value is -5.41. The monoisotopic (exact) mass is 756 g/mol. The Balaban J connectivity index is 1.12. The quantitative estimate of drug-likeness (QED) is 0.0961. The SMILES string of the molecule is Cc1cc(O)cc(C)c1C[C@H](NC(=O)[C@@H](CCCn1ccnc1N)NC(=O)O)C(=O)N[C@@H](Cc1cn(C)cn1)c1nc(CC23CC4CC(CC(C4)C2)C3)no1. The molecule has 55 heavy (non-hydrogen) atoms. The average Bonchev–Trinajstić information content (AvgIpc) is 3.85. The summed E-state index contributed by atoms with van der Waals surface area (Å²) in [5.41, 5.74) is 9.00. The number of aromatic hydroxyl groups is 1. The Morgan fingerprint density at radius 3 is 2.25 bits per heavy atom. The zero-order valence-electron chi connectivity index (χ0n) is 31.7. The first-order valence-corrected chi connectivity index (χ1v) is 19.3. The van der Waals surface area contributed by atoms with Crippen molar-refractivity contribution in [3.05, 3.63) is 71.1 Å². The number of amides is 3.